The SMILES string of the molecule is O=C(c1ccc(Nc2nccc(-c3ccc(NS(=O)(=O)c4ccccc4)cc3)n2)cc1)N1CCNCC1. The lowest BCUT2D eigenvalue weighted by Crippen LogP contribution is -2.46. The van der Waals surface area contributed by atoms with E-state index >= 15 is 0 Å². The number of hydrogen-bond acceptors (Lipinski definition) is 7. The number of nitrogens with one attached hydrogen (secondary N) is 3. The van der Waals surface area contributed by atoms with Gasteiger partial charge in [-0.1, -0.05) is 30.3 Å². The molecule has 1 aromatic heterocycles. The van der Waals surface area contributed by atoms with Crippen molar-refractivity contribution in [1.29, 1.82) is 0 Å². The molecule has 9 nitrogen and oxygen atoms in total. The van der Waals surface area contributed by atoms with Crippen LogP contribution in [-0.4, -0.2) is 55.4 Å². The van der Waals surface area contributed by atoms with Crippen LogP contribution in [-0.2, 0) is 10.0 Å². The van der Waals surface area contributed by atoms with Gasteiger partial charge in [-0.3, -0.25) is 9.52 Å². The third-order valence-corrected chi connectivity index (χ3v) is 7.33. The van der Waals surface area contributed by atoms with E-state index in [2.05, 4.69) is 25.3 Å². The zero-order valence-electron chi connectivity index (χ0n) is 20.0. The van der Waals surface area contributed by atoms with Crippen LogP contribution in [0.5, 0.6) is 0 Å². The monoisotopic (exact) mass is 514 g/mol. The molecule has 0 spiro atoms. The van der Waals surface area contributed by atoms with Crippen molar-refractivity contribution in [3.8, 4) is 11.3 Å². The van der Waals surface area contributed by atoms with E-state index in [0.29, 0.717) is 36.0 Å². The summed E-state index contributed by atoms with van der Waals surface area (Å²) in [5, 5.41) is 6.42. The number of anilines is 3. The molecule has 1 aliphatic rings. The van der Waals surface area contributed by atoms with Crippen molar-refractivity contribution < 1.29 is 13.2 Å². The first-order valence-corrected chi connectivity index (χ1v) is 13.3. The molecule has 0 radical (unpaired) electrons. The molecule has 37 heavy (non-hydrogen) atoms. The number of aromatic nitrogens is 2. The van der Waals surface area contributed by atoms with Gasteiger partial charge in [-0.25, -0.2) is 18.4 Å². The lowest BCUT2D eigenvalue weighted by atomic mass is 10.1. The van der Waals surface area contributed by atoms with Crippen LogP contribution < -0.4 is 15.4 Å². The average Bonchev–Trinajstić information content (AvgIpc) is 2.94. The van der Waals surface area contributed by atoms with Gasteiger partial charge in [-0.2, -0.15) is 0 Å². The van der Waals surface area contributed by atoms with Crippen LogP contribution in [0.1, 0.15) is 10.4 Å². The highest BCUT2D eigenvalue weighted by atomic mass is 32.2. The van der Waals surface area contributed by atoms with Gasteiger partial charge in [0.2, 0.25) is 5.95 Å². The minimum atomic E-state index is -3.66. The van der Waals surface area contributed by atoms with E-state index in [1.54, 1.807) is 79.0 Å². The molecule has 3 aromatic carbocycles. The van der Waals surface area contributed by atoms with Crippen LogP contribution in [0, 0.1) is 0 Å². The maximum Gasteiger partial charge on any atom is 0.261 e. The number of carbonyl (C=O) groups excluding carboxylic acids is 1. The minimum Gasteiger partial charge on any atom is -0.336 e. The van der Waals surface area contributed by atoms with Crippen LogP contribution in [0.15, 0.2) is 96.0 Å². The molecule has 2 heterocycles. The van der Waals surface area contributed by atoms with Crippen molar-refractivity contribution in [3.05, 3.63) is 96.7 Å². The van der Waals surface area contributed by atoms with Crippen molar-refractivity contribution >= 4 is 33.3 Å². The molecule has 10 heteroatoms. The molecular weight excluding hydrogens is 488 g/mol. The molecule has 5 rings (SSSR count). The smallest absolute Gasteiger partial charge is 0.261 e. The molecule has 0 unspecified atom stereocenters. The second-order valence-electron chi connectivity index (χ2n) is 8.51. The zero-order valence-corrected chi connectivity index (χ0v) is 20.8. The second-order valence-corrected chi connectivity index (χ2v) is 10.2. The predicted octanol–water partition coefficient (Wildman–Crippen LogP) is 3.73. The molecule has 0 saturated carbocycles. The van der Waals surface area contributed by atoms with Crippen molar-refractivity contribution in [2.24, 2.45) is 0 Å². The van der Waals surface area contributed by atoms with Crippen molar-refractivity contribution in [1.82, 2.24) is 20.2 Å². The predicted molar refractivity (Wildman–Crippen MR) is 143 cm³/mol. The lowest BCUT2D eigenvalue weighted by molar-refractivity contribution is 0.0736. The van der Waals surface area contributed by atoms with Gasteiger partial charge in [0, 0.05) is 54.9 Å². The fraction of sp³-hybridized carbons (Fsp3) is 0.148. The summed E-state index contributed by atoms with van der Waals surface area (Å²) in [5.41, 5.74) is 3.35. The molecule has 1 saturated heterocycles. The number of benzene rings is 3. The van der Waals surface area contributed by atoms with Crippen LogP contribution in [0.2, 0.25) is 0 Å². The molecule has 4 aromatic rings. The number of hydrogen-bond donors (Lipinski definition) is 3. The van der Waals surface area contributed by atoms with Crippen LogP contribution in [0.4, 0.5) is 17.3 Å². The number of piperazine rings is 1. The summed E-state index contributed by atoms with van der Waals surface area (Å²) in [7, 11) is -3.66. The van der Waals surface area contributed by atoms with Crippen molar-refractivity contribution in [2.45, 2.75) is 4.90 Å². The Morgan fingerprint density at radius 3 is 2.22 bits per heavy atom. The summed E-state index contributed by atoms with van der Waals surface area (Å²) < 4.78 is 27.7. The molecular formula is C27H26N6O3S. The molecule has 0 atom stereocenters. The van der Waals surface area contributed by atoms with Crippen LogP contribution >= 0.6 is 0 Å². The molecule has 188 valence electrons. The lowest BCUT2D eigenvalue weighted by Gasteiger charge is -2.27. The second kappa shape index (κ2) is 10.8. The summed E-state index contributed by atoms with van der Waals surface area (Å²) >= 11 is 0. The van der Waals surface area contributed by atoms with Gasteiger partial charge in [-0.05, 0) is 54.6 Å². The highest BCUT2D eigenvalue weighted by Gasteiger charge is 2.18. The van der Waals surface area contributed by atoms with Crippen LogP contribution in [0.3, 0.4) is 0 Å². The molecule has 1 amide bonds. The Bertz CT molecular complexity index is 1470. The van der Waals surface area contributed by atoms with Gasteiger partial charge in [0.05, 0.1) is 10.6 Å². The van der Waals surface area contributed by atoms with Gasteiger partial charge in [-0.15, -0.1) is 0 Å². The fourth-order valence-corrected chi connectivity index (χ4v) is 5.06. The minimum absolute atomic E-state index is 0.0285. The molecule has 3 N–H and O–H groups in total. The third-order valence-electron chi connectivity index (χ3n) is 5.93. The van der Waals surface area contributed by atoms with Crippen molar-refractivity contribution in [2.75, 3.05) is 36.2 Å². The quantitative estimate of drug-likeness (QED) is 0.344. The van der Waals surface area contributed by atoms with E-state index in [-0.39, 0.29) is 10.8 Å². The van der Waals surface area contributed by atoms with Gasteiger partial charge in [0.25, 0.3) is 15.9 Å². The number of rotatable bonds is 7. The highest BCUT2D eigenvalue weighted by Crippen LogP contribution is 2.23. The number of sulfonamides is 1. The van der Waals surface area contributed by atoms with Gasteiger partial charge >= 0.3 is 0 Å². The number of carbonyl (C=O) groups is 1. The standard InChI is InChI=1S/C27H26N6O3S/c34-26(33-18-16-28-17-19-33)21-8-10-22(11-9-21)30-27-29-15-14-25(31-27)20-6-12-23(13-7-20)32-37(35,36)24-4-2-1-3-5-24/h1-15,28,32H,16-19H2,(H,29,30,31). The van der Waals surface area contributed by atoms with E-state index in [9.17, 15) is 13.2 Å². The Labute approximate surface area is 215 Å². The Kier molecular flexibility index (Phi) is 7.11. The largest absolute Gasteiger partial charge is 0.336 e. The normalized spacial score (nSPS) is 13.7. The zero-order chi connectivity index (χ0) is 25.7. The Morgan fingerprint density at radius 1 is 0.838 bits per heavy atom. The molecule has 1 fully saturated rings. The summed E-state index contributed by atoms with van der Waals surface area (Å²) in [6.45, 7) is 3.04. The average molecular weight is 515 g/mol. The van der Waals surface area contributed by atoms with Gasteiger partial charge < -0.3 is 15.5 Å². The summed E-state index contributed by atoms with van der Waals surface area (Å²) in [6.07, 6.45) is 1.65. The van der Waals surface area contributed by atoms with E-state index in [1.807, 2.05) is 17.0 Å². The number of amides is 1. The van der Waals surface area contributed by atoms with E-state index in [1.165, 1.54) is 0 Å². The third kappa shape index (κ3) is 5.93. The Hall–Kier alpha value is -4.28. The molecule has 0 bridgehead atoms. The molecule has 1 aliphatic heterocycles. The number of nitrogens with zero attached hydrogens (tertiary/aromatic N) is 3. The maximum atomic E-state index is 12.7. The Balaban J connectivity index is 1.25. The first-order chi connectivity index (χ1) is 18.0. The van der Waals surface area contributed by atoms with E-state index in [4.69, 9.17) is 0 Å². The first-order valence-electron chi connectivity index (χ1n) is 11.9. The summed E-state index contributed by atoms with van der Waals surface area (Å²) in [4.78, 5) is 23.6. The highest BCUT2D eigenvalue weighted by molar-refractivity contribution is 7.92. The van der Waals surface area contributed by atoms with Crippen molar-refractivity contribution in [3.63, 3.8) is 0 Å². The summed E-state index contributed by atoms with van der Waals surface area (Å²) in [5.74, 6) is 0.438. The van der Waals surface area contributed by atoms with E-state index in [0.717, 1.165) is 24.3 Å². The fourth-order valence-electron chi connectivity index (χ4n) is 3.98. The molecule has 0 aliphatic carbocycles. The van der Waals surface area contributed by atoms with Gasteiger partial charge in [0.1, 0.15) is 0 Å². The van der Waals surface area contributed by atoms with Gasteiger partial charge in [0.15, 0.2) is 0 Å². The summed E-state index contributed by atoms with van der Waals surface area (Å²) in [6, 6.07) is 24.2. The topological polar surface area (TPSA) is 116 Å². The van der Waals surface area contributed by atoms with E-state index < -0.39 is 10.0 Å². The van der Waals surface area contributed by atoms with Crippen LogP contribution in [0.25, 0.3) is 11.3 Å². The maximum absolute atomic E-state index is 12.7. The first kappa shape index (κ1) is 24.4. The Morgan fingerprint density at radius 2 is 1.51 bits per heavy atom.